The van der Waals surface area contributed by atoms with Crippen molar-refractivity contribution in [3.05, 3.63) is 33.1 Å². The van der Waals surface area contributed by atoms with E-state index in [1.54, 1.807) is 6.92 Å². The second-order valence-electron chi connectivity index (χ2n) is 4.49. The Morgan fingerprint density at radius 1 is 1.57 bits per heavy atom. The van der Waals surface area contributed by atoms with Crippen LogP contribution in [0.2, 0.25) is 5.15 Å². The van der Waals surface area contributed by atoms with Crippen LogP contribution in [0.15, 0.2) is 12.3 Å². The van der Waals surface area contributed by atoms with Crippen molar-refractivity contribution in [2.24, 2.45) is 5.92 Å². The molecule has 0 saturated carbocycles. The molecule has 21 heavy (non-hydrogen) atoms. The molecule has 1 heterocycles. The van der Waals surface area contributed by atoms with Gasteiger partial charge in [0.15, 0.2) is 0 Å². The third-order valence-electron chi connectivity index (χ3n) is 2.85. The molecule has 0 fully saturated rings. The second-order valence-corrected chi connectivity index (χ2v) is 4.85. The van der Waals surface area contributed by atoms with Crippen molar-refractivity contribution < 1.29 is 14.5 Å². The van der Waals surface area contributed by atoms with E-state index in [1.165, 1.54) is 19.0 Å². The number of hydrogen-bond acceptors (Lipinski definition) is 5. The molecule has 114 valence electrons. The van der Waals surface area contributed by atoms with Crippen LogP contribution < -0.4 is 5.32 Å². The van der Waals surface area contributed by atoms with Crippen LogP contribution in [0.3, 0.4) is 0 Å². The Labute approximate surface area is 126 Å². The summed E-state index contributed by atoms with van der Waals surface area (Å²) in [6.07, 6.45) is 0.978. The van der Waals surface area contributed by atoms with Gasteiger partial charge in [0.05, 0.1) is 16.4 Å². The summed E-state index contributed by atoms with van der Waals surface area (Å²) in [5.74, 6) is -1.17. The third kappa shape index (κ3) is 4.12. The van der Waals surface area contributed by atoms with Gasteiger partial charge in [0, 0.05) is 26.7 Å². The molecule has 0 bridgehead atoms. The molecule has 0 spiro atoms. The van der Waals surface area contributed by atoms with Crippen LogP contribution in [0.5, 0.6) is 0 Å². The third-order valence-corrected chi connectivity index (χ3v) is 3.16. The molecule has 1 atom stereocenters. The first-order chi connectivity index (χ1) is 9.77. The highest BCUT2D eigenvalue weighted by molar-refractivity contribution is 6.32. The fourth-order valence-corrected chi connectivity index (χ4v) is 1.90. The Bertz CT molecular complexity index is 578. The number of pyridine rings is 1. The summed E-state index contributed by atoms with van der Waals surface area (Å²) in [5, 5.41) is 13.1. The van der Waals surface area contributed by atoms with Crippen molar-refractivity contribution in [2.75, 3.05) is 20.6 Å². The first-order valence-electron chi connectivity index (χ1n) is 6.05. The minimum Gasteiger partial charge on any atom is -0.359 e. The predicted molar refractivity (Wildman–Crippen MR) is 76.1 cm³/mol. The lowest BCUT2D eigenvalue weighted by Gasteiger charge is -2.21. The zero-order valence-electron chi connectivity index (χ0n) is 11.8. The van der Waals surface area contributed by atoms with Crippen molar-refractivity contribution in [3.8, 4) is 0 Å². The van der Waals surface area contributed by atoms with E-state index in [-0.39, 0.29) is 28.9 Å². The van der Waals surface area contributed by atoms with E-state index in [0.717, 1.165) is 12.3 Å². The van der Waals surface area contributed by atoms with E-state index >= 15 is 0 Å². The summed E-state index contributed by atoms with van der Waals surface area (Å²) in [6.45, 7) is 1.81. The second kappa shape index (κ2) is 6.98. The highest BCUT2D eigenvalue weighted by atomic mass is 35.5. The molecular weight excluding hydrogens is 300 g/mol. The number of rotatable bonds is 5. The minimum absolute atomic E-state index is 0.0718. The first kappa shape index (κ1) is 16.8. The van der Waals surface area contributed by atoms with Crippen molar-refractivity contribution in [1.29, 1.82) is 0 Å². The molecule has 1 unspecified atom stereocenters. The average molecular weight is 315 g/mol. The monoisotopic (exact) mass is 314 g/mol. The molecule has 2 amide bonds. The Kier molecular flexibility index (Phi) is 5.60. The molecule has 0 saturated heterocycles. The summed E-state index contributed by atoms with van der Waals surface area (Å²) in [4.78, 5) is 38.6. The summed E-state index contributed by atoms with van der Waals surface area (Å²) in [7, 11) is 2.99. The molecule has 0 aliphatic carbocycles. The topological polar surface area (TPSA) is 105 Å². The fraction of sp³-hybridized carbons (Fsp3) is 0.417. The number of nitro groups is 1. The van der Waals surface area contributed by atoms with Crippen LogP contribution in [0.25, 0.3) is 0 Å². The highest BCUT2D eigenvalue weighted by Crippen LogP contribution is 2.20. The van der Waals surface area contributed by atoms with E-state index in [2.05, 4.69) is 10.3 Å². The van der Waals surface area contributed by atoms with Crippen LogP contribution in [0, 0.1) is 16.0 Å². The van der Waals surface area contributed by atoms with Crippen LogP contribution in [0.4, 0.5) is 5.69 Å². The summed E-state index contributed by atoms with van der Waals surface area (Å²) in [5.41, 5.74) is -0.395. The quantitative estimate of drug-likeness (QED) is 0.497. The van der Waals surface area contributed by atoms with Gasteiger partial charge in [-0.05, 0) is 0 Å². The lowest BCUT2D eigenvalue weighted by molar-refractivity contribution is -0.385. The van der Waals surface area contributed by atoms with E-state index in [1.807, 2.05) is 0 Å². The van der Waals surface area contributed by atoms with Gasteiger partial charge in [-0.15, -0.1) is 0 Å². The van der Waals surface area contributed by atoms with E-state index in [9.17, 15) is 19.7 Å². The van der Waals surface area contributed by atoms with Gasteiger partial charge in [0.25, 0.3) is 11.6 Å². The number of amides is 2. The zero-order chi connectivity index (χ0) is 16.2. The molecule has 1 aromatic heterocycles. The van der Waals surface area contributed by atoms with Gasteiger partial charge in [-0.1, -0.05) is 18.5 Å². The Morgan fingerprint density at radius 2 is 2.19 bits per heavy atom. The number of halogens is 1. The number of carbonyl (C=O) groups is 2. The van der Waals surface area contributed by atoms with Crippen molar-refractivity contribution in [3.63, 3.8) is 0 Å². The lowest BCUT2D eigenvalue weighted by Crippen LogP contribution is -2.37. The van der Waals surface area contributed by atoms with Crippen LogP contribution in [-0.4, -0.2) is 47.3 Å². The zero-order valence-corrected chi connectivity index (χ0v) is 12.5. The molecule has 0 aliphatic rings. The molecule has 1 rings (SSSR count). The maximum Gasteiger partial charge on any atom is 0.288 e. The van der Waals surface area contributed by atoms with Gasteiger partial charge in [-0.2, -0.15) is 0 Å². The van der Waals surface area contributed by atoms with E-state index < -0.39 is 16.7 Å². The van der Waals surface area contributed by atoms with Crippen molar-refractivity contribution in [2.45, 2.75) is 6.92 Å². The lowest BCUT2D eigenvalue weighted by atomic mass is 10.1. The minimum atomic E-state index is -0.659. The number of aromatic nitrogens is 1. The number of hydrogen-bond donors (Lipinski definition) is 1. The van der Waals surface area contributed by atoms with Crippen LogP contribution >= 0.6 is 11.6 Å². The molecule has 8 nitrogen and oxygen atoms in total. The molecule has 1 aromatic rings. The molecule has 9 heteroatoms. The molecule has 0 aromatic carbocycles. The standard InChI is InChI=1S/C12H15ClN4O4/c1-7(11(18)14-2)6-16(3)12(19)9-4-8(17(20)21)5-15-10(9)13/h4-5,7H,6H2,1-3H3,(H,14,18). The summed E-state index contributed by atoms with van der Waals surface area (Å²) in [6, 6.07) is 1.07. The largest absolute Gasteiger partial charge is 0.359 e. The van der Waals surface area contributed by atoms with Gasteiger partial charge in [-0.3, -0.25) is 19.7 Å². The first-order valence-corrected chi connectivity index (χ1v) is 6.42. The number of nitrogens with zero attached hydrogens (tertiary/aromatic N) is 3. The Morgan fingerprint density at radius 3 is 2.71 bits per heavy atom. The van der Waals surface area contributed by atoms with Crippen LogP contribution in [-0.2, 0) is 4.79 Å². The van der Waals surface area contributed by atoms with E-state index in [4.69, 9.17) is 11.6 Å². The van der Waals surface area contributed by atoms with Gasteiger partial charge in [-0.25, -0.2) is 4.98 Å². The molecule has 0 aliphatic heterocycles. The smallest absolute Gasteiger partial charge is 0.288 e. The van der Waals surface area contributed by atoms with Crippen LogP contribution in [0.1, 0.15) is 17.3 Å². The molecule has 1 N–H and O–H groups in total. The highest BCUT2D eigenvalue weighted by Gasteiger charge is 2.22. The molecular formula is C12H15ClN4O4. The van der Waals surface area contributed by atoms with Gasteiger partial charge in [0.1, 0.15) is 11.3 Å². The normalized spacial score (nSPS) is 11.6. The Hall–Kier alpha value is -2.22. The number of nitrogens with one attached hydrogen (secondary N) is 1. The summed E-state index contributed by atoms with van der Waals surface area (Å²) < 4.78 is 0. The van der Waals surface area contributed by atoms with E-state index in [0.29, 0.717) is 0 Å². The average Bonchev–Trinajstić information content (AvgIpc) is 2.45. The maximum absolute atomic E-state index is 12.2. The SMILES string of the molecule is CNC(=O)C(C)CN(C)C(=O)c1cc([N+](=O)[O-])cnc1Cl. The van der Waals surface area contributed by atoms with Crippen molar-refractivity contribution >= 4 is 29.1 Å². The predicted octanol–water partition coefficient (Wildman–Crippen LogP) is 1.10. The fourth-order valence-electron chi connectivity index (χ4n) is 1.72. The Balaban J connectivity index is 2.95. The van der Waals surface area contributed by atoms with Gasteiger partial charge >= 0.3 is 0 Å². The summed E-state index contributed by atoms with van der Waals surface area (Å²) >= 11 is 5.81. The number of carbonyl (C=O) groups excluding carboxylic acids is 2. The van der Waals surface area contributed by atoms with Crippen molar-refractivity contribution in [1.82, 2.24) is 15.2 Å². The molecule has 0 radical (unpaired) electrons. The van der Waals surface area contributed by atoms with Gasteiger partial charge in [0.2, 0.25) is 5.91 Å². The van der Waals surface area contributed by atoms with Gasteiger partial charge < -0.3 is 10.2 Å². The maximum atomic E-state index is 12.2.